The van der Waals surface area contributed by atoms with Gasteiger partial charge in [-0.25, -0.2) is 0 Å². The molecule has 0 bridgehead atoms. The van der Waals surface area contributed by atoms with Crippen LogP contribution in [0.15, 0.2) is 18.2 Å². The molecule has 0 fully saturated rings. The Bertz CT molecular complexity index is 388. The zero-order chi connectivity index (χ0) is 9.97. The van der Waals surface area contributed by atoms with E-state index in [0.717, 1.165) is 11.0 Å². The molecule has 0 atom stereocenters. The fourth-order valence-corrected chi connectivity index (χ4v) is 1.40. The largest absolute Gasteiger partial charge is 0.491 e. The van der Waals surface area contributed by atoms with E-state index in [0.29, 0.717) is 12.4 Å². The van der Waals surface area contributed by atoms with Crippen molar-refractivity contribution in [3.8, 4) is 11.8 Å². The fraction of sp³-hybridized carbons (Fsp3) is 0.222. The highest BCUT2D eigenvalue weighted by Gasteiger charge is 2.27. The van der Waals surface area contributed by atoms with E-state index in [1.807, 2.05) is 12.1 Å². The number of fused-ring (bicyclic) bond motifs is 1. The number of benzene rings is 1. The molecule has 4 nitrogen and oxygen atoms in total. The lowest BCUT2D eigenvalue weighted by atomic mass is 9.79. The van der Waals surface area contributed by atoms with Gasteiger partial charge in [-0.05, 0) is 23.2 Å². The van der Waals surface area contributed by atoms with Gasteiger partial charge >= 0.3 is 7.12 Å². The van der Waals surface area contributed by atoms with E-state index in [9.17, 15) is 5.02 Å². The molecule has 70 valence electrons. The maximum atomic E-state index is 9.39. The van der Waals surface area contributed by atoms with Crippen LogP contribution in [-0.2, 0) is 11.3 Å². The second-order valence-corrected chi connectivity index (χ2v) is 2.97. The summed E-state index contributed by atoms with van der Waals surface area (Å²) in [4.78, 5) is 0. The van der Waals surface area contributed by atoms with Crippen molar-refractivity contribution in [2.75, 3.05) is 6.61 Å². The van der Waals surface area contributed by atoms with Crippen LogP contribution in [0, 0.1) is 11.3 Å². The van der Waals surface area contributed by atoms with Crippen LogP contribution < -0.4 is 10.2 Å². The second-order valence-electron chi connectivity index (χ2n) is 2.97. The first-order valence-corrected chi connectivity index (χ1v) is 4.23. The maximum absolute atomic E-state index is 9.39. The number of nitriles is 1. The first-order valence-electron chi connectivity index (χ1n) is 4.23. The minimum absolute atomic E-state index is 0.00966. The minimum Gasteiger partial charge on any atom is -0.479 e. The molecular weight excluding hydrogens is 181 g/mol. The second kappa shape index (κ2) is 3.70. The average Bonchev–Trinajstić information content (AvgIpc) is 2.57. The van der Waals surface area contributed by atoms with Crippen molar-refractivity contribution in [3.63, 3.8) is 0 Å². The Morgan fingerprint density at radius 3 is 3.29 bits per heavy atom. The molecule has 0 aliphatic carbocycles. The maximum Gasteiger partial charge on any atom is 0.491 e. The summed E-state index contributed by atoms with van der Waals surface area (Å²) in [6, 6.07) is 7.17. The van der Waals surface area contributed by atoms with E-state index < -0.39 is 7.12 Å². The quantitative estimate of drug-likeness (QED) is 0.654. The molecule has 1 N–H and O–H groups in total. The van der Waals surface area contributed by atoms with Gasteiger partial charge in [-0.15, -0.1) is 0 Å². The first kappa shape index (κ1) is 9.07. The Morgan fingerprint density at radius 1 is 1.64 bits per heavy atom. The van der Waals surface area contributed by atoms with Gasteiger partial charge < -0.3 is 14.4 Å². The Hall–Kier alpha value is -1.51. The SMILES string of the molecule is N#CCOc1ccc2c(c1)B(O)OC2. The molecule has 0 saturated heterocycles. The van der Waals surface area contributed by atoms with Crippen LogP contribution in [0.4, 0.5) is 0 Å². The lowest BCUT2D eigenvalue weighted by Crippen LogP contribution is -2.27. The molecule has 0 amide bonds. The summed E-state index contributed by atoms with van der Waals surface area (Å²) >= 11 is 0. The van der Waals surface area contributed by atoms with E-state index in [1.165, 1.54) is 0 Å². The minimum atomic E-state index is -0.865. The Balaban J connectivity index is 2.22. The summed E-state index contributed by atoms with van der Waals surface area (Å²) in [6.45, 7) is 0.435. The Kier molecular flexibility index (Phi) is 2.40. The summed E-state index contributed by atoms with van der Waals surface area (Å²) in [5, 5.41) is 17.7. The van der Waals surface area contributed by atoms with Crippen LogP contribution in [0.5, 0.6) is 5.75 Å². The molecular formula is C9H8BNO3. The molecule has 1 aromatic carbocycles. The Labute approximate surface area is 81.8 Å². The molecule has 5 heteroatoms. The van der Waals surface area contributed by atoms with E-state index in [1.54, 1.807) is 12.1 Å². The third kappa shape index (κ3) is 1.58. The highest BCUT2D eigenvalue weighted by Crippen LogP contribution is 2.15. The number of nitrogens with zero attached hydrogens (tertiary/aromatic N) is 1. The van der Waals surface area contributed by atoms with Crippen molar-refractivity contribution in [2.24, 2.45) is 0 Å². The van der Waals surface area contributed by atoms with Gasteiger partial charge in [0.1, 0.15) is 11.8 Å². The van der Waals surface area contributed by atoms with E-state index in [2.05, 4.69) is 0 Å². The fourth-order valence-electron chi connectivity index (χ4n) is 1.40. The average molecular weight is 189 g/mol. The van der Waals surface area contributed by atoms with Crippen LogP contribution in [0.1, 0.15) is 5.56 Å². The smallest absolute Gasteiger partial charge is 0.479 e. The number of hydrogen-bond acceptors (Lipinski definition) is 4. The van der Waals surface area contributed by atoms with Gasteiger partial charge in [0, 0.05) is 0 Å². The summed E-state index contributed by atoms with van der Waals surface area (Å²) in [6.07, 6.45) is 0. The number of ether oxygens (including phenoxy) is 1. The van der Waals surface area contributed by atoms with Crippen LogP contribution in [0.3, 0.4) is 0 Å². The van der Waals surface area contributed by atoms with Gasteiger partial charge in [-0.1, -0.05) is 6.07 Å². The summed E-state index contributed by atoms with van der Waals surface area (Å²) in [5.74, 6) is 0.579. The lowest BCUT2D eigenvalue weighted by molar-refractivity contribution is 0.275. The first-order chi connectivity index (χ1) is 6.81. The van der Waals surface area contributed by atoms with Crippen LogP contribution in [-0.4, -0.2) is 18.7 Å². The molecule has 0 spiro atoms. The van der Waals surface area contributed by atoms with Gasteiger partial charge in [0.15, 0.2) is 6.61 Å². The molecule has 1 aliphatic heterocycles. The monoisotopic (exact) mass is 189 g/mol. The third-order valence-electron chi connectivity index (χ3n) is 2.08. The van der Waals surface area contributed by atoms with Crippen molar-refractivity contribution >= 4 is 12.6 Å². The molecule has 0 radical (unpaired) electrons. The van der Waals surface area contributed by atoms with Crippen molar-refractivity contribution in [2.45, 2.75) is 6.61 Å². The van der Waals surface area contributed by atoms with E-state index in [4.69, 9.17) is 14.7 Å². The molecule has 0 saturated carbocycles. The van der Waals surface area contributed by atoms with Gasteiger partial charge in [0.05, 0.1) is 6.61 Å². The summed E-state index contributed by atoms with van der Waals surface area (Å²) in [7, 11) is -0.865. The molecule has 2 rings (SSSR count). The molecule has 1 aromatic rings. The van der Waals surface area contributed by atoms with Gasteiger partial charge in [-0.2, -0.15) is 5.26 Å². The summed E-state index contributed by atoms with van der Waals surface area (Å²) in [5.41, 5.74) is 1.68. The molecule has 0 unspecified atom stereocenters. The third-order valence-corrected chi connectivity index (χ3v) is 2.08. The zero-order valence-electron chi connectivity index (χ0n) is 7.43. The zero-order valence-corrected chi connectivity index (χ0v) is 7.43. The molecule has 14 heavy (non-hydrogen) atoms. The number of hydrogen-bond donors (Lipinski definition) is 1. The van der Waals surface area contributed by atoms with Gasteiger partial charge in [0.2, 0.25) is 0 Å². The van der Waals surface area contributed by atoms with Gasteiger partial charge in [0.25, 0.3) is 0 Å². The van der Waals surface area contributed by atoms with E-state index in [-0.39, 0.29) is 6.61 Å². The predicted molar refractivity (Wildman–Crippen MR) is 49.9 cm³/mol. The Morgan fingerprint density at radius 2 is 2.50 bits per heavy atom. The van der Waals surface area contributed by atoms with Crippen LogP contribution >= 0.6 is 0 Å². The highest BCUT2D eigenvalue weighted by atomic mass is 16.5. The highest BCUT2D eigenvalue weighted by molar-refractivity contribution is 6.61. The normalized spacial score (nSPS) is 13.6. The lowest BCUT2D eigenvalue weighted by Gasteiger charge is -2.03. The summed E-state index contributed by atoms with van der Waals surface area (Å²) < 4.78 is 10.1. The van der Waals surface area contributed by atoms with Crippen LogP contribution in [0.2, 0.25) is 0 Å². The van der Waals surface area contributed by atoms with Crippen molar-refractivity contribution in [1.82, 2.24) is 0 Å². The predicted octanol–water partition coefficient (Wildman–Crippen LogP) is -0.193. The molecule has 0 aromatic heterocycles. The van der Waals surface area contributed by atoms with Gasteiger partial charge in [-0.3, -0.25) is 0 Å². The topological polar surface area (TPSA) is 62.5 Å². The van der Waals surface area contributed by atoms with Crippen LogP contribution in [0.25, 0.3) is 0 Å². The number of rotatable bonds is 2. The van der Waals surface area contributed by atoms with E-state index >= 15 is 0 Å². The van der Waals surface area contributed by atoms with Crippen molar-refractivity contribution in [1.29, 1.82) is 5.26 Å². The molecule has 1 heterocycles. The molecule has 1 aliphatic rings. The standard InChI is InChI=1S/C9H8BNO3/c11-3-4-13-8-2-1-7-6-14-10(12)9(7)5-8/h1-2,5,12H,4,6H2. The van der Waals surface area contributed by atoms with Crippen molar-refractivity contribution < 1.29 is 14.4 Å². The van der Waals surface area contributed by atoms with Crippen molar-refractivity contribution in [3.05, 3.63) is 23.8 Å².